The zero-order chi connectivity index (χ0) is 17.9. The van der Waals surface area contributed by atoms with Gasteiger partial charge in [0.2, 0.25) is 5.84 Å². The number of hydrogen-bond donors (Lipinski definition) is 1. The molecule has 1 aromatic carbocycles. The van der Waals surface area contributed by atoms with E-state index in [0.29, 0.717) is 0 Å². The Bertz CT molecular complexity index is 840. The van der Waals surface area contributed by atoms with Crippen LogP contribution in [0.1, 0.15) is 15.2 Å². The van der Waals surface area contributed by atoms with E-state index < -0.39 is 23.5 Å². The number of hydrogen-bond acceptors (Lipinski definition) is 5. The molecule has 24 heavy (non-hydrogen) atoms. The second-order valence-corrected chi connectivity index (χ2v) is 5.70. The fourth-order valence-electron chi connectivity index (χ4n) is 1.50. The van der Waals surface area contributed by atoms with Crippen LogP contribution in [0.3, 0.4) is 0 Å². The number of nitrogens with zero attached hydrogens (tertiary/aromatic N) is 3. The van der Waals surface area contributed by atoms with E-state index in [9.17, 15) is 18.0 Å². The Morgan fingerprint density at radius 1 is 1.29 bits per heavy atom. The van der Waals surface area contributed by atoms with Gasteiger partial charge in [-0.1, -0.05) is 23.2 Å². The van der Waals surface area contributed by atoms with Crippen molar-refractivity contribution in [3.63, 3.8) is 0 Å². The van der Waals surface area contributed by atoms with Crippen molar-refractivity contribution in [3.05, 3.63) is 44.9 Å². The highest BCUT2D eigenvalue weighted by Gasteiger charge is 2.30. The number of aromatic nitrogens is 1. The second kappa shape index (κ2) is 7.17. The van der Waals surface area contributed by atoms with Crippen LogP contribution in [0.4, 0.5) is 18.9 Å². The number of benzene rings is 1. The van der Waals surface area contributed by atoms with Gasteiger partial charge in [-0.15, -0.1) is 0 Å². The monoisotopic (exact) mass is 392 g/mol. The van der Waals surface area contributed by atoms with Gasteiger partial charge in [-0.25, -0.2) is 4.99 Å². The number of carbonyl (C=O) groups excluding carboxylic acids is 1. The molecule has 0 bridgehead atoms. The molecule has 0 spiro atoms. The van der Waals surface area contributed by atoms with Crippen LogP contribution in [0, 0.1) is 11.3 Å². The molecule has 0 aliphatic rings. The SMILES string of the molecule is N#C/C(=N/c1ccc(C(F)(F)F)cc1)NC(=O)c1snc(Cl)c1Cl. The lowest BCUT2D eigenvalue weighted by Crippen LogP contribution is -2.28. The molecule has 0 aliphatic heterocycles. The minimum atomic E-state index is -4.48. The number of amides is 1. The van der Waals surface area contributed by atoms with Crippen LogP contribution in [0.2, 0.25) is 10.2 Å². The summed E-state index contributed by atoms with van der Waals surface area (Å²) in [4.78, 5) is 15.7. The van der Waals surface area contributed by atoms with Gasteiger partial charge in [0, 0.05) is 0 Å². The Hall–Kier alpha value is -2.15. The predicted molar refractivity (Wildman–Crippen MR) is 83.8 cm³/mol. The zero-order valence-corrected chi connectivity index (χ0v) is 13.7. The number of alkyl halides is 3. The lowest BCUT2D eigenvalue weighted by Gasteiger charge is -2.06. The minimum Gasteiger partial charge on any atom is -0.297 e. The molecule has 1 heterocycles. The molecular weight excluding hydrogens is 388 g/mol. The van der Waals surface area contributed by atoms with Crippen molar-refractivity contribution >= 4 is 52.2 Å². The first kappa shape index (κ1) is 18.2. The van der Waals surface area contributed by atoms with E-state index in [4.69, 9.17) is 28.5 Å². The van der Waals surface area contributed by atoms with Gasteiger partial charge in [0.15, 0.2) is 5.15 Å². The summed E-state index contributed by atoms with van der Waals surface area (Å²) >= 11 is 12.1. The maximum atomic E-state index is 12.5. The van der Waals surface area contributed by atoms with E-state index in [2.05, 4.69) is 14.7 Å². The van der Waals surface area contributed by atoms with Gasteiger partial charge in [-0.05, 0) is 35.8 Å². The maximum Gasteiger partial charge on any atom is 0.416 e. The number of carbonyl (C=O) groups is 1. The molecule has 2 aromatic rings. The molecule has 1 N–H and O–H groups in total. The normalized spacial score (nSPS) is 11.9. The van der Waals surface area contributed by atoms with E-state index in [1.54, 1.807) is 6.07 Å². The first-order chi connectivity index (χ1) is 11.2. The number of rotatable bonds is 2. The highest BCUT2D eigenvalue weighted by Crippen LogP contribution is 2.30. The lowest BCUT2D eigenvalue weighted by atomic mass is 10.2. The van der Waals surface area contributed by atoms with E-state index in [1.165, 1.54) is 0 Å². The number of nitrogens with one attached hydrogen (secondary N) is 1. The van der Waals surface area contributed by atoms with Crippen LogP contribution in [0.15, 0.2) is 29.3 Å². The van der Waals surface area contributed by atoms with Gasteiger partial charge < -0.3 is 0 Å². The van der Waals surface area contributed by atoms with Crippen molar-refractivity contribution in [2.75, 3.05) is 0 Å². The molecule has 0 saturated carbocycles. The highest BCUT2D eigenvalue weighted by atomic mass is 35.5. The summed E-state index contributed by atoms with van der Waals surface area (Å²) < 4.78 is 41.1. The average molecular weight is 393 g/mol. The molecule has 2 rings (SSSR count). The van der Waals surface area contributed by atoms with Crippen LogP contribution >= 0.6 is 34.7 Å². The molecule has 1 amide bonds. The van der Waals surface area contributed by atoms with Crippen molar-refractivity contribution < 1.29 is 18.0 Å². The lowest BCUT2D eigenvalue weighted by molar-refractivity contribution is -0.137. The summed E-state index contributed by atoms with van der Waals surface area (Å²) in [6.45, 7) is 0. The summed E-state index contributed by atoms with van der Waals surface area (Å²) in [5.74, 6) is -1.17. The number of halogens is 5. The number of aliphatic imine (C=N–C) groups is 1. The molecular formula is C13H5Cl2F3N4OS. The molecule has 0 atom stereocenters. The van der Waals surface area contributed by atoms with E-state index >= 15 is 0 Å². The van der Waals surface area contributed by atoms with Crippen LogP contribution in [-0.2, 0) is 6.18 Å². The van der Waals surface area contributed by atoms with Gasteiger partial charge in [-0.2, -0.15) is 22.8 Å². The van der Waals surface area contributed by atoms with Crippen molar-refractivity contribution in [2.24, 2.45) is 4.99 Å². The predicted octanol–water partition coefficient (Wildman–Crippen LogP) is 4.45. The highest BCUT2D eigenvalue weighted by molar-refractivity contribution is 7.09. The van der Waals surface area contributed by atoms with E-state index in [-0.39, 0.29) is 20.7 Å². The Balaban J connectivity index is 2.19. The number of amidine groups is 1. The van der Waals surface area contributed by atoms with Crippen LogP contribution in [0.5, 0.6) is 0 Å². The fourth-order valence-corrected chi connectivity index (χ4v) is 2.61. The van der Waals surface area contributed by atoms with E-state index in [1.807, 2.05) is 0 Å². The summed E-state index contributed by atoms with van der Waals surface area (Å²) in [6, 6.07) is 5.40. The van der Waals surface area contributed by atoms with Gasteiger partial charge in [-0.3, -0.25) is 10.1 Å². The topological polar surface area (TPSA) is 78.1 Å². The molecule has 0 unspecified atom stereocenters. The summed E-state index contributed by atoms with van der Waals surface area (Å²) in [7, 11) is 0. The minimum absolute atomic E-state index is 0.0166. The Morgan fingerprint density at radius 2 is 1.92 bits per heavy atom. The van der Waals surface area contributed by atoms with Crippen LogP contribution in [0.25, 0.3) is 0 Å². The zero-order valence-electron chi connectivity index (χ0n) is 11.4. The van der Waals surface area contributed by atoms with Gasteiger partial charge in [0.25, 0.3) is 5.91 Å². The standard InChI is InChI=1S/C13H5Cl2F3N4OS/c14-9-10(24-22-11(9)15)12(23)21-8(5-19)20-7-3-1-6(2-4-7)13(16,17)18/h1-4H,(H,20,21,23). The molecule has 5 nitrogen and oxygen atoms in total. The number of nitriles is 1. The summed E-state index contributed by atoms with van der Waals surface area (Å²) in [5, 5.41) is 11.1. The van der Waals surface area contributed by atoms with Crippen molar-refractivity contribution in [1.82, 2.24) is 9.69 Å². The van der Waals surface area contributed by atoms with Crippen molar-refractivity contribution in [2.45, 2.75) is 6.18 Å². The third kappa shape index (κ3) is 4.23. The summed E-state index contributed by atoms with van der Waals surface area (Å²) in [5.41, 5.74) is -0.789. The molecule has 124 valence electrons. The fraction of sp³-hybridized carbons (Fsp3) is 0.0769. The van der Waals surface area contributed by atoms with E-state index in [0.717, 1.165) is 35.8 Å². The summed E-state index contributed by atoms with van der Waals surface area (Å²) in [6.07, 6.45) is -4.48. The molecule has 1 aromatic heterocycles. The smallest absolute Gasteiger partial charge is 0.297 e. The molecule has 0 saturated heterocycles. The Kier molecular flexibility index (Phi) is 5.43. The largest absolute Gasteiger partial charge is 0.416 e. The third-order valence-corrected chi connectivity index (χ3v) is 4.37. The third-order valence-electron chi connectivity index (χ3n) is 2.58. The Labute approximate surface area is 147 Å². The average Bonchev–Trinajstić information content (AvgIpc) is 2.86. The quantitative estimate of drug-likeness (QED) is 0.605. The first-order valence-electron chi connectivity index (χ1n) is 6.00. The van der Waals surface area contributed by atoms with Crippen LogP contribution in [-0.4, -0.2) is 16.1 Å². The van der Waals surface area contributed by atoms with Gasteiger partial charge in [0.1, 0.15) is 16.0 Å². The molecule has 0 fully saturated rings. The van der Waals surface area contributed by atoms with Gasteiger partial charge in [0.05, 0.1) is 11.3 Å². The molecule has 0 radical (unpaired) electrons. The molecule has 11 heteroatoms. The Morgan fingerprint density at radius 3 is 2.38 bits per heavy atom. The van der Waals surface area contributed by atoms with Crippen molar-refractivity contribution in [1.29, 1.82) is 5.26 Å². The van der Waals surface area contributed by atoms with Crippen molar-refractivity contribution in [3.8, 4) is 6.07 Å². The second-order valence-electron chi connectivity index (χ2n) is 4.19. The molecule has 0 aliphatic carbocycles. The van der Waals surface area contributed by atoms with Gasteiger partial charge >= 0.3 is 6.18 Å². The first-order valence-corrected chi connectivity index (χ1v) is 7.53. The van der Waals surface area contributed by atoms with Crippen LogP contribution < -0.4 is 5.32 Å². The maximum absolute atomic E-state index is 12.5.